The second kappa shape index (κ2) is 5.44. The van der Waals surface area contributed by atoms with Crippen LogP contribution in [0.25, 0.3) is 0 Å². The molecule has 2 aromatic carbocycles. The highest BCUT2D eigenvalue weighted by molar-refractivity contribution is 5.38. The van der Waals surface area contributed by atoms with Gasteiger partial charge in [0.1, 0.15) is 11.5 Å². The number of hydrogen-bond acceptors (Lipinski definition) is 4. The highest BCUT2D eigenvalue weighted by atomic mass is 16.6. The summed E-state index contributed by atoms with van der Waals surface area (Å²) in [6.07, 6.45) is -0.208. The van der Waals surface area contributed by atoms with Crippen LogP contribution in [-0.4, -0.2) is 18.1 Å². The molecular weight excluding hydrogens is 270 g/mol. The van der Waals surface area contributed by atoms with E-state index in [9.17, 15) is 10.1 Å². The average molecular weight is 285 g/mol. The first-order valence-corrected chi connectivity index (χ1v) is 6.71. The Bertz CT molecular complexity index is 654. The predicted octanol–water partition coefficient (Wildman–Crippen LogP) is 3.02. The molecule has 1 heterocycles. The van der Waals surface area contributed by atoms with E-state index in [-0.39, 0.29) is 4.92 Å². The average Bonchev–Trinajstić information content (AvgIpc) is 2.53. The van der Waals surface area contributed by atoms with Crippen molar-refractivity contribution >= 4 is 0 Å². The van der Waals surface area contributed by atoms with Crippen molar-refractivity contribution in [3.05, 3.63) is 69.8 Å². The van der Waals surface area contributed by atoms with Crippen LogP contribution in [0.5, 0.6) is 11.5 Å². The molecule has 3 rings (SSSR count). The fourth-order valence-corrected chi connectivity index (χ4v) is 2.60. The predicted molar refractivity (Wildman–Crippen MR) is 77.3 cm³/mol. The minimum absolute atomic E-state index is 0.259. The number of benzene rings is 2. The van der Waals surface area contributed by atoms with E-state index in [0.29, 0.717) is 12.2 Å². The first-order valence-electron chi connectivity index (χ1n) is 6.71. The second-order valence-electron chi connectivity index (χ2n) is 4.98. The van der Waals surface area contributed by atoms with E-state index in [1.807, 2.05) is 36.4 Å². The Kier molecular flexibility index (Phi) is 3.48. The first-order chi connectivity index (χ1) is 10.2. The van der Waals surface area contributed by atoms with Crippen LogP contribution < -0.4 is 9.47 Å². The van der Waals surface area contributed by atoms with Gasteiger partial charge in [0.05, 0.1) is 7.11 Å². The molecule has 1 aliphatic rings. The Balaban J connectivity index is 1.96. The molecule has 2 aromatic rings. The molecule has 0 radical (unpaired) electrons. The molecule has 21 heavy (non-hydrogen) atoms. The zero-order chi connectivity index (χ0) is 14.8. The summed E-state index contributed by atoms with van der Waals surface area (Å²) in [5.74, 6) is 1.43. The van der Waals surface area contributed by atoms with E-state index in [1.54, 1.807) is 19.2 Å². The van der Waals surface area contributed by atoms with Gasteiger partial charge in [0.2, 0.25) is 0 Å². The SMILES string of the molecule is COc1ccc(C2Oc3ccccc3CC2[N+](=O)[O-])cc1. The van der Waals surface area contributed by atoms with E-state index in [1.165, 1.54) is 0 Å². The van der Waals surface area contributed by atoms with Gasteiger partial charge in [-0.25, -0.2) is 0 Å². The Morgan fingerprint density at radius 3 is 2.57 bits per heavy atom. The van der Waals surface area contributed by atoms with Gasteiger partial charge in [-0.1, -0.05) is 30.3 Å². The summed E-state index contributed by atoms with van der Waals surface area (Å²) in [5, 5.41) is 11.4. The van der Waals surface area contributed by atoms with Crippen molar-refractivity contribution in [2.45, 2.75) is 18.6 Å². The lowest BCUT2D eigenvalue weighted by atomic mass is 9.93. The maximum Gasteiger partial charge on any atom is 0.257 e. The molecule has 0 aromatic heterocycles. The Hall–Kier alpha value is -2.56. The molecule has 0 aliphatic carbocycles. The van der Waals surface area contributed by atoms with Gasteiger partial charge < -0.3 is 9.47 Å². The lowest BCUT2D eigenvalue weighted by Crippen LogP contribution is -2.36. The van der Waals surface area contributed by atoms with Crippen LogP contribution in [0.3, 0.4) is 0 Å². The van der Waals surface area contributed by atoms with Crippen molar-refractivity contribution in [3.63, 3.8) is 0 Å². The van der Waals surface area contributed by atoms with Crippen molar-refractivity contribution in [2.24, 2.45) is 0 Å². The Morgan fingerprint density at radius 2 is 1.90 bits per heavy atom. The fraction of sp³-hybridized carbons (Fsp3) is 0.250. The summed E-state index contributed by atoms with van der Waals surface area (Å²) >= 11 is 0. The van der Waals surface area contributed by atoms with E-state index in [4.69, 9.17) is 9.47 Å². The molecular formula is C16H15NO4. The van der Waals surface area contributed by atoms with Crippen LogP contribution in [0.1, 0.15) is 17.2 Å². The molecule has 108 valence electrons. The monoisotopic (exact) mass is 285 g/mol. The summed E-state index contributed by atoms with van der Waals surface area (Å²) in [5.41, 5.74) is 1.66. The summed E-state index contributed by atoms with van der Waals surface area (Å²) in [6.45, 7) is 0. The molecule has 0 saturated heterocycles. The largest absolute Gasteiger partial charge is 0.497 e. The van der Waals surface area contributed by atoms with E-state index in [0.717, 1.165) is 16.9 Å². The van der Waals surface area contributed by atoms with Gasteiger partial charge in [-0.05, 0) is 23.8 Å². The smallest absolute Gasteiger partial charge is 0.257 e. The lowest BCUT2D eigenvalue weighted by Gasteiger charge is -2.28. The third-order valence-corrected chi connectivity index (χ3v) is 3.72. The van der Waals surface area contributed by atoms with Gasteiger partial charge >= 0.3 is 0 Å². The summed E-state index contributed by atoms with van der Waals surface area (Å²) in [6, 6.07) is 13.9. The molecule has 0 N–H and O–H groups in total. The molecule has 0 saturated carbocycles. The molecule has 2 unspecified atom stereocenters. The molecule has 0 bridgehead atoms. The summed E-state index contributed by atoms with van der Waals surface area (Å²) in [7, 11) is 1.59. The number of hydrogen-bond donors (Lipinski definition) is 0. The Morgan fingerprint density at radius 1 is 1.19 bits per heavy atom. The molecule has 0 fully saturated rings. The van der Waals surface area contributed by atoms with Crippen LogP contribution in [-0.2, 0) is 6.42 Å². The van der Waals surface area contributed by atoms with Gasteiger partial charge in [-0.15, -0.1) is 0 Å². The quantitative estimate of drug-likeness (QED) is 0.642. The summed E-state index contributed by atoms with van der Waals surface area (Å²) < 4.78 is 11.0. The number of nitro groups is 1. The van der Waals surface area contributed by atoms with Crippen LogP contribution >= 0.6 is 0 Å². The molecule has 0 spiro atoms. The van der Waals surface area contributed by atoms with E-state index >= 15 is 0 Å². The lowest BCUT2D eigenvalue weighted by molar-refractivity contribution is -0.535. The maximum absolute atomic E-state index is 11.4. The minimum Gasteiger partial charge on any atom is -0.497 e. The van der Waals surface area contributed by atoms with Crippen molar-refractivity contribution in [3.8, 4) is 11.5 Å². The first kappa shape index (κ1) is 13.4. The molecule has 0 amide bonds. The van der Waals surface area contributed by atoms with Crippen LogP contribution in [0.2, 0.25) is 0 Å². The van der Waals surface area contributed by atoms with E-state index < -0.39 is 12.1 Å². The van der Waals surface area contributed by atoms with Crippen LogP contribution in [0.15, 0.2) is 48.5 Å². The Labute approximate surface area is 122 Å². The minimum atomic E-state index is -0.784. The van der Waals surface area contributed by atoms with Gasteiger partial charge in [-0.3, -0.25) is 10.1 Å². The van der Waals surface area contributed by atoms with Crippen molar-refractivity contribution in [1.29, 1.82) is 0 Å². The molecule has 2 atom stereocenters. The number of methoxy groups -OCH3 is 1. The maximum atomic E-state index is 11.4. The molecule has 1 aliphatic heterocycles. The number of ether oxygens (including phenoxy) is 2. The third kappa shape index (κ3) is 2.54. The molecule has 5 nitrogen and oxygen atoms in total. The normalized spacial score (nSPS) is 20.2. The van der Waals surface area contributed by atoms with Gasteiger partial charge in [0.25, 0.3) is 6.04 Å². The zero-order valence-corrected chi connectivity index (χ0v) is 11.6. The zero-order valence-electron chi connectivity index (χ0n) is 11.6. The van der Waals surface area contributed by atoms with Crippen molar-refractivity contribution in [2.75, 3.05) is 7.11 Å². The standard InChI is InChI=1S/C16H15NO4/c1-20-13-8-6-11(7-9-13)16-14(17(18)19)10-12-4-2-3-5-15(12)21-16/h2-9,14,16H,10H2,1H3. The van der Waals surface area contributed by atoms with Gasteiger partial charge in [0.15, 0.2) is 6.10 Å². The summed E-state index contributed by atoms with van der Waals surface area (Å²) in [4.78, 5) is 11.1. The highest BCUT2D eigenvalue weighted by Crippen LogP contribution is 2.36. The number of para-hydroxylation sites is 1. The highest BCUT2D eigenvalue weighted by Gasteiger charge is 2.39. The van der Waals surface area contributed by atoms with Crippen molar-refractivity contribution < 1.29 is 14.4 Å². The topological polar surface area (TPSA) is 61.6 Å². The van der Waals surface area contributed by atoms with Crippen molar-refractivity contribution in [1.82, 2.24) is 0 Å². The fourth-order valence-electron chi connectivity index (χ4n) is 2.60. The van der Waals surface area contributed by atoms with Gasteiger partial charge in [-0.2, -0.15) is 0 Å². The molecule has 5 heteroatoms. The van der Waals surface area contributed by atoms with Crippen LogP contribution in [0.4, 0.5) is 0 Å². The van der Waals surface area contributed by atoms with Gasteiger partial charge in [0, 0.05) is 16.9 Å². The number of nitrogens with zero attached hydrogens (tertiary/aromatic N) is 1. The van der Waals surface area contributed by atoms with E-state index in [2.05, 4.69) is 0 Å². The van der Waals surface area contributed by atoms with Crippen LogP contribution in [0, 0.1) is 10.1 Å². The third-order valence-electron chi connectivity index (χ3n) is 3.72. The number of fused-ring (bicyclic) bond motifs is 1. The number of rotatable bonds is 3. The second-order valence-corrected chi connectivity index (χ2v) is 4.98.